The Bertz CT molecular complexity index is 558. The van der Waals surface area contributed by atoms with Crippen LogP contribution in [0.5, 0.6) is 0 Å². The largest absolute Gasteiger partial charge is 0.324 e. The molecule has 0 aliphatic rings. The lowest BCUT2D eigenvalue weighted by molar-refractivity contribution is 0.530. The zero-order chi connectivity index (χ0) is 14.0. The molecule has 0 radical (unpaired) electrons. The summed E-state index contributed by atoms with van der Waals surface area (Å²) in [5.74, 6) is -0.0265. The van der Waals surface area contributed by atoms with Crippen LogP contribution in [0.1, 0.15) is 37.1 Å². The minimum Gasteiger partial charge on any atom is -0.324 e. The number of hydrogen-bond acceptors (Lipinski definition) is 3. The van der Waals surface area contributed by atoms with Crippen LogP contribution in [0.15, 0.2) is 18.2 Å². The summed E-state index contributed by atoms with van der Waals surface area (Å²) in [5.41, 5.74) is 5.58. The maximum absolute atomic E-state index is 13.6. The zero-order valence-electron chi connectivity index (χ0n) is 10.9. The third kappa shape index (κ3) is 2.63. The number of halogens is 2. The molecule has 0 aliphatic heterocycles. The summed E-state index contributed by atoms with van der Waals surface area (Å²) >= 11 is 0. The van der Waals surface area contributed by atoms with Crippen LogP contribution in [-0.2, 0) is 13.0 Å². The molecular formula is C13H16F2N4. The van der Waals surface area contributed by atoms with E-state index in [2.05, 4.69) is 10.2 Å². The van der Waals surface area contributed by atoms with Gasteiger partial charge in [-0.05, 0) is 26.0 Å². The number of hydrogen-bond donors (Lipinski definition) is 1. The van der Waals surface area contributed by atoms with Crippen molar-refractivity contribution in [3.8, 4) is 0 Å². The van der Waals surface area contributed by atoms with Crippen LogP contribution < -0.4 is 5.73 Å². The Morgan fingerprint density at radius 2 is 1.74 bits per heavy atom. The first-order valence-corrected chi connectivity index (χ1v) is 6.10. The first-order valence-electron chi connectivity index (χ1n) is 6.10. The number of aromatic nitrogens is 3. The summed E-state index contributed by atoms with van der Waals surface area (Å²) < 4.78 is 29.1. The molecule has 19 heavy (non-hydrogen) atoms. The van der Waals surface area contributed by atoms with Gasteiger partial charge in [0.2, 0.25) is 0 Å². The predicted octanol–water partition coefficient (Wildman–Crippen LogP) is 2.19. The maximum Gasteiger partial charge on any atom is 0.147 e. The quantitative estimate of drug-likeness (QED) is 0.922. The molecule has 1 heterocycles. The van der Waals surface area contributed by atoms with E-state index in [1.165, 1.54) is 18.2 Å². The van der Waals surface area contributed by atoms with Crippen LogP contribution in [0.3, 0.4) is 0 Å². The maximum atomic E-state index is 13.6. The van der Waals surface area contributed by atoms with Crippen molar-refractivity contribution in [2.24, 2.45) is 5.73 Å². The van der Waals surface area contributed by atoms with Gasteiger partial charge in [-0.25, -0.2) is 8.78 Å². The van der Waals surface area contributed by atoms with Gasteiger partial charge >= 0.3 is 0 Å². The summed E-state index contributed by atoms with van der Waals surface area (Å²) in [5, 5.41) is 7.94. The molecule has 4 nitrogen and oxygen atoms in total. The van der Waals surface area contributed by atoms with Gasteiger partial charge in [-0.1, -0.05) is 6.07 Å². The lowest BCUT2D eigenvalue weighted by Crippen LogP contribution is -2.14. The van der Waals surface area contributed by atoms with Crippen molar-refractivity contribution in [3.63, 3.8) is 0 Å². The number of nitrogens with zero attached hydrogens (tertiary/aromatic N) is 3. The summed E-state index contributed by atoms with van der Waals surface area (Å²) in [6.45, 7) is 4.14. The molecule has 0 saturated carbocycles. The molecule has 0 aliphatic carbocycles. The fourth-order valence-electron chi connectivity index (χ4n) is 2.08. The minimum atomic E-state index is -0.576. The van der Waals surface area contributed by atoms with Gasteiger partial charge in [0.25, 0.3) is 0 Å². The van der Waals surface area contributed by atoms with Crippen molar-refractivity contribution in [2.45, 2.75) is 32.9 Å². The molecule has 102 valence electrons. The Morgan fingerprint density at radius 3 is 2.26 bits per heavy atom. The molecule has 1 aromatic heterocycles. The highest BCUT2D eigenvalue weighted by Gasteiger charge is 2.17. The average Bonchev–Trinajstić information content (AvgIpc) is 2.77. The molecule has 0 unspecified atom stereocenters. The van der Waals surface area contributed by atoms with E-state index in [9.17, 15) is 8.78 Å². The Morgan fingerprint density at radius 1 is 1.16 bits per heavy atom. The Hall–Kier alpha value is -1.82. The molecule has 0 bridgehead atoms. The van der Waals surface area contributed by atoms with E-state index in [0.717, 1.165) is 0 Å². The SMILES string of the molecule is CC(C)n1c(CN)nnc1Cc1c(F)cccc1F. The molecule has 0 fully saturated rings. The molecule has 2 N–H and O–H groups in total. The molecule has 0 saturated heterocycles. The number of rotatable bonds is 4. The van der Waals surface area contributed by atoms with Gasteiger partial charge in [0, 0.05) is 18.0 Å². The monoisotopic (exact) mass is 266 g/mol. The second-order valence-corrected chi connectivity index (χ2v) is 4.58. The molecule has 0 amide bonds. The van der Waals surface area contributed by atoms with Gasteiger partial charge in [-0.15, -0.1) is 10.2 Å². The Balaban J connectivity index is 2.41. The molecule has 1 aromatic carbocycles. The smallest absolute Gasteiger partial charge is 0.147 e. The first-order chi connectivity index (χ1) is 9.04. The van der Waals surface area contributed by atoms with Gasteiger partial charge in [0.15, 0.2) is 0 Å². The lowest BCUT2D eigenvalue weighted by atomic mass is 10.1. The van der Waals surface area contributed by atoms with Gasteiger partial charge in [0.1, 0.15) is 23.3 Å². The molecule has 2 rings (SSSR count). The van der Waals surface area contributed by atoms with Crippen molar-refractivity contribution in [1.82, 2.24) is 14.8 Å². The van der Waals surface area contributed by atoms with E-state index >= 15 is 0 Å². The van der Waals surface area contributed by atoms with E-state index in [-0.39, 0.29) is 24.6 Å². The van der Waals surface area contributed by atoms with E-state index in [1.54, 1.807) is 0 Å². The molecule has 0 spiro atoms. The van der Waals surface area contributed by atoms with Crippen molar-refractivity contribution in [2.75, 3.05) is 0 Å². The van der Waals surface area contributed by atoms with Crippen LogP contribution in [0.25, 0.3) is 0 Å². The van der Waals surface area contributed by atoms with Crippen molar-refractivity contribution in [3.05, 3.63) is 47.0 Å². The van der Waals surface area contributed by atoms with Crippen LogP contribution in [0, 0.1) is 11.6 Å². The van der Waals surface area contributed by atoms with E-state index in [1.807, 2.05) is 18.4 Å². The Kier molecular flexibility index (Phi) is 3.90. The van der Waals surface area contributed by atoms with Crippen LogP contribution in [0.2, 0.25) is 0 Å². The topological polar surface area (TPSA) is 56.7 Å². The summed E-state index contributed by atoms with van der Waals surface area (Å²) in [4.78, 5) is 0. The van der Waals surface area contributed by atoms with Gasteiger partial charge in [-0.2, -0.15) is 0 Å². The highest BCUT2D eigenvalue weighted by Crippen LogP contribution is 2.19. The standard InChI is InChI=1S/C13H16F2N4/c1-8(2)19-12(17-18-13(19)7-16)6-9-10(14)4-3-5-11(9)15/h3-5,8H,6-7,16H2,1-2H3. The van der Waals surface area contributed by atoms with E-state index in [4.69, 9.17) is 5.73 Å². The molecule has 6 heteroatoms. The van der Waals surface area contributed by atoms with E-state index in [0.29, 0.717) is 11.6 Å². The summed E-state index contributed by atoms with van der Waals surface area (Å²) in [6.07, 6.45) is 0.0592. The normalized spacial score (nSPS) is 11.3. The third-order valence-electron chi connectivity index (χ3n) is 2.93. The summed E-state index contributed by atoms with van der Waals surface area (Å²) in [7, 11) is 0. The van der Waals surface area contributed by atoms with Gasteiger partial charge in [0.05, 0.1) is 6.54 Å². The number of nitrogens with two attached hydrogens (primary N) is 1. The minimum absolute atomic E-state index is 0.000344. The summed E-state index contributed by atoms with van der Waals surface area (Å²) in [6, 6.07) is 3.89. The Labute approximate surface area is 110 Å². The molecular weight excluding hydrogens is 250 g/mol. The zero-order valence-corrected chi connectivity index (χ0v) is 10.9. The van der Waals surface area contributed by atoms with Crippen LogP contribution in [-0.4, -0.2) is 14.8 Å². The van der Waals surface area contributed by atoms with Gasteiger partial charge in [-0.3, -0.25) is 0 Å². The van der Waals surface area contributed by atoms with E-state index < -0.39 is 11.6 Å². The average molecular weight is 266 g/mol. The third-order valence-corrected chi connectivity index (χ3v) is 2.93. The fourth-order valence-corrected chi connectivity index (χ4v) is 2.08. The van der Waals surface area contributed by atoms with Crippen molar-refractivity contribution in [1.29, 1.82) is 0 Å². The van der Waals surface area contributed by atoms with Crippen LogP contribution in [0.4, 0.5) is 8.78 Å². The van der Waals surface area contributed by atoms with Crippen molar-refractivity contribution >= 4 is 0 Å². The molecule has 2 aromatic rings. The highest BCUT2D eigenvalue weighted by atomic mass is 19.1. The fraction of sp³-hybridized carbons (Fsp3) is 0.385. The van der Waals surface area contributed by atoms with Gasteiger partial charge < -0.3 is 10.3 Å². The van der Waals surface area contributed by atoms with Crippen LogP contribution >= 0.6 is 0 Å². The predicted molar refractivity (Wildman–Crippen MR) is 67.5 cm³/mol. The number of benzene rings is 1. The first kappa shape index (κ1) is 13.6. The molecule has 0 atom stereocenters. The second-order valence-electron chi connectivity index (χ2n) is 4.58. The second kappa shape index (κ2) is 5.44. The lowest BCUT2D eigenvalue weighted by Gasteiger charge is -2.13. The highest BCUT2D eigenvalue weighted by molar-refractivity contribution is 5.23. The van der Waals surface area contributed by atoms with Crippen molar-refractivity contribution < 1.29 is 8.78 Å².